The molecular weight excluding hydrogens is 182 g/mol. The van der Waals surface area contributed by atoms with Crippen molar-refractivity contribution >= 4 is 16.5 Å². The summed E-state index contributed by atoms with van der Waals surface area (Å²) in [6.45, 7) is 5.28. The van der Waals surface area contributed by atoms with Crippen LogP contribution in [0.2, 0.25) is 0 Å². The normalized spacial score (nSPS) is 10.9. The monoisotopic (exact) mass is 198 g/mol. The van der Waals surface area contributed by atoms with Gasteiger partial charge in [-0.15, -0.1) is 0 Å². The lowest BCUT2D eigenvalue weighted by Crippen LogP contribution is -2.06. The molecule has 0 unspecified atom stereocenters. The molecule has 0 bridgehead atoms. The van der Waals surface area contributed by atoms with Crippen LogP contribution in [-0.2, 0) is 0 Å². The molecule has 2 aromatic carbocycles. The smallest absolute Gasteiger partial charge is 0.0652 e. The van der Waals surface area contributed by atoms with Crippen molar-refractivity contribution in [1.29, 1.82) is 0 Å². The molecule has 0 aliphatic rings. The second-order valence-corrected chi connectivity index (χ2v) is 4.23. The Labute approximate surface area is 91.1 Å². The lowest BCUT2D eigenvalue weighted by Gasteiger charge is -2.08. The third-order valence-corrected chi connectivity index (χ3v) is 2.39. The van der Waals surface area contributed by atoms with Crippen LogP contribution in [-0.4, -0.2) is 6.54 Å². The molecule has 0 saturated carbocycles. The van der Waals surface area contributed by atoms with Gasteiger partial charge in [0.2, 0.25) is 0 Å². The minimum atomic E-state index is 0.615. The molecule has 0 amide bonds. The van der Waals surface area contributed by atoms with E-state index in [0.717, 1.165) is 12.2 Å². The molecule has 0 atom stereocenters. The Morgan fingerprint density at radius 1 is 1.00 bits per heavy atom. The van der Waals surface area contributed by atoms with E-state index in [1.807, 2.05) is 0 Å². The van der Waals surface area contributed by atoms with Gasteiger partial charge in [-0.3, -0.25) is 5.32 Å². The van der Waals surface area contributed by atoms with Crippen molar-refractivity contribution in [1.82, 2.24) is 5.32 Å². The van der Waals surface area contributed by atoms with Crippen molar-refractivity contribution in [3.8, 4) is 0 Å². The highest BCUT2D eigenvalue weighted by Gasteiger charge is 2.01. The summed E-state index contributed by atoms with van der Waals surface area (Å²) in [5, 5.41) is 7.15. The van der Waals surface area contributed by atoms with Crippen molar-refractivity contribution in [3.63, 3.8) is 0 Å². The minimum absolute atomic E-state index is 0.615. The third kappa shape index (κ3) is 2.30. The standard InChI is InChI=1S/C14H16N/c1-11(2)10-15-14-9-5-7-12-6-3-4-8-13(12)14/h3-9,11H,10H2,1-2H3. The molecule has 15 heavy (non-hydrogen) atoms. The van der Waals surface area contributed by atoms with Gasteiger partial charge < -0.3 is 0 Å². The molecule has 0 saturated heterocycles. The molecule has 0 aromatic heterocycles. The van der Waals surface area contributed by atoms with Crippen LogP contribution in [0.3, 0.4) is 0 Å². The highest BCUT2D eigenvalue weighted by Crippen LogP contribution is 2.23. The molecule has 1 radical (unpaired) electrons. The fourth-order valence-electron chi connectivity index (χ4n) is 1.63. The largest absolute Gasteiger partial charge is 0.284 e. The fraction of sp³-hybridized carbons (Fsp3) is 0.286. The first-order chi connectivity index (χ1) is 7.27. The maximum atomic E-state index is 4.63. The lowest BCUT2D eigenvalue weighted by molar-refractivity contribution is 0.610. The molecule has 0 N–H and O–H groups in total. The summed E-state index contributed by atoms with van der Waals surface area (Å²) in [6, 6.07) is 14.7. The van der Waals surface area contributed by atoms with Crippen molar-refractivity contribution in [3.05, 3.63) is 42.5 Å². The molecule has 1 heteroatoms. The quantitative estimate of drug-likeness (QED) is 0.713. The molecule has 2 aromatic rings. The van der Waals surface area contributed by atoms with Crippen molar-refractivity contribution in [2.75, 3.05) is 6.54 Å². The summed E-state index contributed by atoms with van der Waals surface area (Å²) in [5.41, 5.74) is 1.11. The molecule has 1 nitrogen and oxygen atoms in total. The Morgan fingerprint density at radius 2 is 1.73 bits per heavy atom. The van der Waals surface area contributed by atoms with E-state index in [0.29, 0.717) is 5.92 Å². The zero-order valence-corrected chi connectivity index (χ0v) is 9.27. The molecule has 0 fully saturated rings. The van der Waals surface area contributed by atoms with Crippen LogP contribution in [0.25, 0.3) is 10.8 Å². The highest BCUT2D eigenvalue weighted by molar-refractivity contribution is 5.92. The van der Waals surface area contributed by atoms with E-state index in [1.165, 1.54) is 10.8 Å². The Balaban J connectivity index is 2.34. The zero-order valence-electron chi connectivity index (χ0n) is 9.27. The number of hydrogen-bond donors (Lipinski definition) is 0. The van der Waals surface area contributed by atoms with Gasteiger partial charge in [0.1, 0.15) is 0 Å². The number of benzene rings is 2. The van der Waals surface area contributed by atoms with Crippen LogP contribution in [0.15, 0.2) is 42.5 Å². The molecule has 0 spiro atoms. The summed E-state index contributed by atoms with van der Waals surface area (Å²) in [5.74, 6) is 0.615. The van der Waals surface area contributed by atoms with Gasteiger partial charge in [0.05, 0.1) is 5.69 Å². The van der Waals surface area contributed by atoms with Crippen LogP contribution >= 0.6 is 0 Å². The average Bonchev–Trinajstić information content (AvgIpc) is 2.26. The Morgan fingerprint density at radius 3 is 2.53 bits per heavy atom. The summed E-state index contributed by atoms with van der Waals surface area (Å²) in [6.07, 6.45) is 0. The van der Waals surface area contributed by atoms with E-state index in [4.69, 9.17) is 0 Å². The summed E-state index contributed by atoms with van der Waals surface area (Å²) in [7, 11) is 0. The number of nitrogens with zero attached hydrogens (tertiary/aromatic N) is 1. The molecule has 2 rings (SSSR count). The van der Waals surface area contributed by atoms with Crippen LogP contribution in [0.1, 0.15) is 13.8 Å². The zero-order chi connectivity index (χ0) is 10.7. The average molecular weight is 198 g/mol. The number of rotatable bonds is 3. The van der Waals surface area contributed by atoms with Crippen molar-refractivity contribution in [2.45, 2.75) is 13.8 Å². The van der Waals surface area contributed by atoms with Crippen molar-refractivity contribution < 1.29 is 0 Å². The Bertz CT molecular complexity index is 441. The lowest BCUT2D eigenvalue weighted by atomic mass is 10.1. The summed E-state index contributed by atoms with van der Waals surface area (Å²) in [4.78, 5) is 0. The Kier molecular flexibility index (Phi) is 2.91. The maximum absolute atomic E-state index is 4.63. The first-order valence-electron chi connectivity index (χ1n) is 5.42. The summed E-state index contributed by atoms with van der Waals surface area (Å²) >= 11 is 0. The summed E-state index contributed by atoms with van der Waals surface area (Å²) < 4.78 is 0. The van der Waals surface area contributed by atoms with Gasteiger partial charge in [-0.05, 0) is 17.4 Å². The van der Waals surface area contributed by atoms with Gasteiger partial charge in [0.15, 0.2) is 0 Å². The molecular formula is C14H16N. The molecule has 0 aliphatic carbocycles. The first kappa shape index (κ1) is 10.0. The van der Waals surface area contributed by atoms with Crippen molar-refractivity contribution in [2.24, 2.45) is 5.92 Å². The van der Waals surface area contributed by atoms with Crippen LogP contribution in [0.5, 0.6) is 0 Å². The second-order valence-electron chi connectivity index (χ2n) is 4.23. The SMILES string of the molecule is CC(C)C[N]c1cccc2ccccc12. The van der Waals surface area contributed by atoms with Gasteiger partial charge in [-0.25, -0.2) is 0 Å². The predicted molar refractivity (Wildman–Crippen MR) is 65.4 cm³/mol. The molecule has 0 heterocycles. The van der Waals surface area contributed by atoms with Gasteiger partial charge in [-0.1, -0.05) is 50.2 Å². The number of hydrogen-bond acceptors (Lipinski definition) is 0. The van der Waals surface area contributed by atoms with Crippen LogP contribution in [0, 0.1) is 5.92 Å². The predicted octanol–water partition coefficient (Wildman–Crippen LogP) is 3.73. The van der Waals surface area contributed by atoms with Crippen LogP contribution < -0.4 is 5.32 Å². The van der Waals surface area contributed by atoms with Gasteiger partial charge in [-0.2, -0.15) is 0 Å². The fourth-order valence-corrected chi connectivity index (χ4v) is 1.63. The van der Waals surface area contributed by atoms with E-state index in [-0.39, 0.29) is 0 Å². The molecule has 0 aliphatic heterocycles. The third-order valence-electron chi connectivity index (χ3n) is 2.39. The number of fused-ring (bicyclic) bond motifs is 1. The van der Waals surface area contributed by atoms with Gasteiger partial charge in [0, 0.05) is 11.9 Å². The molecule has 77 valence electrons. The van der Waals surface area contributed by atoms with E-state index in [9.17, 15) is 0 Å². The van der Waals surface area contributed by atoms with E-state index < -0.39 is 0 Å². The van der Waals surface area contributed by atoms with Gasteiger partial charge >= 0.3 is 0 Å². The van der Waals surface area contributed by atoms with E-state index in [2.05, 4.69) is 61.6 Å². The minimum Gasteiger partial charge on any atom is -0.284 e. The Hall–Kier alpha value is -1.50. The topological polar surface area (TPSA) is 14.1 Å². The first-order valence-corrected chi connectivity index (χ1v) is 5.42. The van der Waals surface area contributed by atoms with E-state index >= 15 is 0 Å². The highest BCUT2D eigenvalue weighted by atomic mass is 14.9. The van der Waals surface area contributed by atoms with Gasteiger partial charge in [0.25, 0.3) is 0 Å². The van der Waals surface area contributed by atoms with Crippen LogP contribution in [0.4, 0.5) is 5.69 Å². The second kappa shape index (κ2) is 4.35. The van der Waals surface area contributed by atoms with E-state index in [1.54, 1.807) is 0 Å². The maximum Gasteiger partial charge on any atom is 0.0652 e.